The number of anilines is 1. The zero-order valence-corrected chi connectivity index (χ0v) is 16.5. The number of carbonyl (C=O) groups excluding carboxylic acids is 1. The molecular formula is C21H23N7O. The summed E-state index contributed by atoms with van der Waals surface area (Å²) in [5.74, 6) is 0.639. The molecule has 1 fully saturated rings. The summed E-state index contributed by atoms with van der Waals surface area (Å²) in [5, 5.41) is 7.74. The second-order valence-corrected chi connectivity index (χ2v) is 7.73. The standard InChI is InChI=1S/C21H23N7O/c1-14(2)24-21-23-11-17-16(7-10-28(17)25-21)15-5-6-19-22-12-18(27(19)13-15)20(29)26-8-3-4-9-26/h5-7,10-14H,3-4,8-9H2,1-2H3,(H,24,25). The minimum Gasteiger partial charge on any atom is -0.351 e. The lowest BCUT2D eigenvalue weighted by Crippen LogP contribution is -2.28. The van der Waals surface area contributed by atoms with Crippen molar-refractivity contribution in [1.82, 2.24) is 28.9 Å². The van der Waals surface area contributed by atoms with Crippen LogP contribution in [0.2, 0.25) is 0 Å². The summed E-state index contributed by atoms with van der Waals surface area (Å²) in [6.07, 6.45) is 9.52. The van der Waals surface area contributed by atoms with E-state index in [-0.39, 0.29) is 11.9 Å². The van der Waals surface area contributed by atoms with Crippen molar-refractivity contribution in [3.63, 3.8) is 0 Å². The fraction of sp³-hybridized carbons (Fsp3) is 0.333. The number of fused-ring (bicyclic) bond motifs is 2. The van der Waals surface area contributed by atoms with Crippen LogP contribution in [-0.4, -0.2) is 53.9 Å². The van der Waals surface area contributed by atoms with Crippen molar-refractivity contribution >= 4 is 23.0 Å². The number of nitrogens with one attached hydrogen (secondary N) is 1. The summed E-state index contributed by atoms with van der Waals surface area (Å²) in [7, 11) is 0. The predicted octanol–water partition coefficient (Wildman–Crippen LogP) is 3.10. The molecule has 29 heavy (non-hydrogen) atoms. The number of rotatable bonds is 4. The van der Waals surface area contributed by atoms with E-state index in [4.69, 9.17) is 0 Å². The first-order valence-electron chi connectivity index (χ1n) is 9.98. The molecule has 0 saturated carbocycles. The topological polar surface area (TPSA) is 79.8 Å². The Balaban J connectivity index is 1.55. The molecule has 1 amide bonds. The molecule has 0 aromatic carbocycles. The number of likely N-dealkylation sites (tertiary alicyclic amines) is 1. The molecule has 0 bridgehead atoms. The lowest BCUT2D eigenvalue weighted by Gasteiger charge is -2.14. The Bertz CT molecular complexity index is 1200. The average molecular weight is 389 g/mol. The summed E-state index contributed by atoms with van der Waals surface area (Å²) in [6.45, 7) is 5.74. The van der Waals surface area contributed by atoms with E-state index in [0.717, 1.165) is 48.2 Å². The van der Waals surface area contributed by atoms with Crippen LogP contribution in [0, 0.1) is 0 Å². The van der Waals surface area contributed by atoms with Gasteiger partial charge in [0.05, 0.1) is 17.9 Å². The highest BCUT2D eigenvalue weighted by Gasteiger charge is 2.22. The van der Waals surface area contributed by atoms with Crippen LogP contribution in [0.3, 0.4) is 0 Å². The third-order valence-electron chi connectivity index (χ3n) is 5.26. The van der Waals surface area contributed by atoms with Crippen LogP contribution in [0.15, 0.2) is 43.0 Å². The van der Waals surface area contributed by atoms with E-state index in [1.54, 1.807) is 6.20 Å². The van der Waals surface area contributed by atoms with Gasteiger partial charge in [0.1, 0.15) is 11.3 Å². The lowest BCUT2D eigenvalue weighted by molar-refractivity contribution is 0.0786. The molecule has 8 heteroatoms. The van der Waals surface area contributed by atoms with Gasteiger partial charge in [0.15, 0.2) is 0 Å². The van der Waals surface area contributed by atoms with E-state index in [1.165, 1.54) is 0 Å². The van der Waals surface area contributed by atoms with Crippen LogP contribution in [-0.2, 0) is 0 Å². The van der Waals surface area contributed by atoms with E-state index in [0.29, 0.717) is 11.6 Å². The number of hydrogen-bond acceptors (Lipinski definition) is 5. The molecular weight excluding hydrogens is 366 g/mol. The highest BCUT2D eigenvalue weighted by molar-refractivity contribution is 5.93. The zero-order valence-electron chi connectivity index (χ0n) is 16.5. The smallest absolute Gasteiger partial charge is 0.272 e. The number of pyridine rings is 1. The molecule has 1 saturated heterocycles. The number of nitrogens with zero attached hydrogens (tertiary/aromatic N) is 6. The molecule has 5 rings (SSSR count). The van der Waals surface area contributed by atoms with Gasteiger partial charge in [-0.3, -0.25) is 9.20 Å². The van der Waals surface area contributed by atoms with Crippen molar-refractivity contribution in [2.45, 2.75) is 32.7 Å². The fourth-order valence-electron chi connectivity index (χ4n) is 3.85. The molecule has 1 N–H and O–H groups in total. The van der Waals surface area contributed by atoms with E-state index in [1.807, 2.05) is 50.6 Å². The van der Waals surface area contributed by atoms with E-state index in [2.05, 4.69) is 34.2 Å². The molecule has 1 aliphatic heterocycles. The lowest BCUT2D eigenvalue weighted by atomic mass is 10.1. The maximum Gasteiger partial charge on any atom is 0.272 e. The van der Waals surface area contributed by atoms with Gasteiger partial charge in [-0.15, -0.1) is 5.10 Å². The van der Waals surface area contributed by atoms with Crippen LogP contribution >= 0.6 is 0 Å². The van der Waals surface area contributed by atoms with Crippen molar-refractivity contribution in [3.8, 4) is 11.1 Å². The van der Waals surface area contributed by atoms with E-state index in [9.17, 15) is 4.79 Å². The minimum absolute atomic E-state index is 0.0432. The van der Waals surface area contributed by atoms with E-state index < -0.39 is 0 Å². The highest BCUT2D eigenvalue weighted by Crippen LogP contribution is 2.26. The van der Waals surface area contributed by atoms with Gasteiger partial charge >= 0.3 is 0 Å². The van der Waals surface area contributed by atoms with Gasteiger partial charge in [-0.1, -0.05) is 0 Å². The molecule has 5 heterocycles. The predicted molar refractivity (Wildman–Crippen MR) is 111 cm³/mol. The van der Waals surface area contributed by atoms with Gasteiger partial charge < -0.3 is 10.2 Å². The Morgan fingerprint density at radius 3 is 2.72 bits per heavy atom. The first kappa shape index (κ1) is 17.7. The number of hydrogen-bond donors (Lipinski definition) is 1. The first-order chi connectivity index (χ1) is 14.1. The maximum atomic E-state index is 12.9. The van der Waals surface area contributed by atoms with Crippen molar-refractivity contribution in [2.24, 2.45) is 0 Å². The van der Waals surface area contributed by atoms with Gasteiger partial charge in [-0.05, 0) is 44.9 Å². The summed E-state index contributed by atoms with van der Waals surface area (Å²) >= 11 is 0. The molecule has 8 nitrogen and oxygen atoms in total. The van der Waals surface area contributed by atoms with Crippen LogP contribution in [0.4, 0.5) is 5.95 Å². The van der Waals surface area contributed by atoms with Crippen molar-refractivity contribution in [2.75, 3.05) is 18.4 Å². The fourth-order valence-corrected chi connectivity index (χ4v) is 3.85. The van der Waals surface area contributed by atoms with Crippen LogP contribution in [0.5, 0.6) is 0 Å². The second-order valence-electron chi connectivity index (χ2n) is 7.73. The Kier molecular flexibility index (Phi) is 4.19. The van der Waals surface area contributed by atoms with Crippen LogP contribution in [0.25, 0.3) is 22.3 Å². The maximum absolute atomic E-state index is 12.9. The third kappa shape index (κ3) is 3.10. The summed E-state index contributed by atoms with van der Waals surface area (Å²) < 4.78 is 3.70. The summed E-state index contributed by atoms with van der Waals surface area (Å²) in [4.78, 5) is 23.6. The number of carbonyl (C=O) groups is 1. The molecule has 0 radical (unpaired) electrons. The Hall–Kier alpha value is -3.42. The van der Waals surface area contributed by atoms with Gasteiger partial charge in [0.25, 0.3) is 5.91 Å². The normalized spacial score (nSPS) is 14.4. The molecule has 4 aromatic rings. The van der Waals surface area contributed by atoms with Gasteiger partial charge in [0, 0.05) is 42.7 Å². The number of imidazole rings is 1. The Morgan fingerprint density at radius 2 is 1.93 bits per heavy atom. The quantitative estimate of drug-likeness (QED) is 0.580. The second kappa shape index (κ2) is 6.88. The van der Waals surface area contributed by atoms with Crippen molar-refractivity contribution in [3.05, 3.63) is 48.7 Å². The molecule has 0 unspecified atom stereocenters. The molecule has 0 atom stereocenters. The largest absolute Gasteiger partial charge is 0.351 e. The zero-order chi connectivity index (χ0) is 20.0. The third-order valence-corrected chi connectivity index (χ3v) is 5.26. The van der Waals surface area contributed by atoms with E-state index >= 15 is 0 Å². The number of amides is 1. The monoisotopic (exact) mass is 389 g/mol. The van der Waals surface area contributed by atoms with Gasteiger partial charge in [0.2, 0.25) is 5.95 Å². The summed E-state index contributed by atoms with van der Waals surface area (Å²) in [5.41, 5.74) is 4.27. The van der Waals surface area contributed by atoms with Crippen LogP contribution < -0.4 is 5.32 Å². The van der Waals surface area contributed by atoms with Crippen molar-refractivity contribution in [1.29, 1.82) is 0 Å². The highest BCUT2D eigenvalue weighted by atomic mass is 16.2. The Labute approximate surface area is 168 Å². The molecule has 4 aromatic heterocycles. The van der Waals surface area contributed by atoms with Crippen LogP contribution in [0.1, 0.15) is 37.2 Å². The van der Waals surface area contributed by atoms with Gasteiger partial charge in [-0.2, -0.15) is 0 Å². The first-order valence-corrected chi connectivity index (χ1v) is 9.98. The van der Waals surface area contributed by atoms with Crippen molar-refractivity contribution < 1.29 is 4.79 Å². The SMILES string of the molecule is CC(C)Nc1ncc2c(-c3ccc4ncc(C(=O)N5CCCC5)n4c3)ccn2n1. The molecule has 0 spiro atoms. The average Bonchev–Trinajstić information content (AvgIpc) is 3.45. The minimum atomic E-state index is 0.0432. The Morgan fingerprint density at radius 1 is 1.10 bits per heavy atom. The summed E-state index contributed by atoms with van der Waals surface area (Å²) in [6, 6.07) is 6.23. The molecule has 1 aliphatic rings. The molecule has 148 valence electrons. The molecule has 0 aliphatic carbocycles. The van der Waals surface area contributed by atoms with Gasteiger partial charge in [-0.25, -0.2) is 14.5 Å². The number of aromatic nitrogens is 5.